The van der Waals surface area contributed by atoms with E-state index in [9.17, 15) is 9.46 Å². The molecular weight excluding hydrogens is 274 g/mol. The van der Waals surface area contributed by atoms with E-state index in [4.69, 9.17) is 18.7 Å². The number of hydrogen-bond donors (Lipinski definition) is 1. The Morgan fingerprint density at radius 3 is 2.53 bits per heavy atom. The third-order valence-corrected chi connectivity index (χ3v) is 4.00. The number of phosphoric ester groups is 1. The Labute approximate surface area is 114 Å². The molecule has 0 aromatic rings. The zero-order valence-electron chi connectivity index (χ0n) is 11.8. The Balaban J connectivity index is 2.70. The SMILES string of the molecule is B[C@@H]1O[C@H](CC)C(OP(=O)(O)OC)C1OCCOC. The van der Waals surface area contributed by atoms with Crippen LogP contribution in [0.15, 0.2) is 0 Å². The molecule has 0 amide bonds. The number of ether oxygens (including phenoxy) is 3. The molecule has 1 aliphatic rings. The maximum absolute atomic E-state index is 11.6. The van der Waals surface area contributed by atoms with Crippen molar-refractivity contribution < 1.29 is 32.7 Å². The molecule has 112 valence electrons. The molecule has 0 bridgehead atoms. The smallest absolute Gasteiger partial charge is 0.382 e. The lowest BCUT2D eigenvalue weighted by Gasteiger charge is -2.24. The molecule has 1 N–H and O–H groups in total. The largest absolute Gasteiger partial charge is 0.472 e. The van der Waals surface area contributed by atoms with Crippen LogP contribution in [0.1, 0.15) is 13.3 Å². The summed E-state index contributed by atoms with van der Waals surface area (Å²) in [4.78, 5) is 9.45. The maximum atomic E-state index is 11.6. The molecule has 7 nitrogen and oxygen atoms in total. The minimum atomic E-state index is -4.07. The van der Waals surface area contributed by atoms with Gasteiger partial charge in [-0.2, -0.15) is 0 Å². The first-order valence-electron chi connectivity index (χ1n) is 6.28. The van der Waals surface area contributed by atoms with Crippen molar-refractivity contribution in [2.24, 2.45) is 0 Å². The van der Waals surface area contributed by atoms with Crippen molar-refractivity contribution in [1.82, 2.24) is 0 Å². The van der Waals surface area contributed by atoms with Crippen LogP contribution in [0.2, 0.25) is 0 Å². The summed E-state index contributed by atoms with van der Waals surface area (Å²) in [6.45, 7) is 2.72. The quantitative estimate of drug-likeness (QED) is 0.381. The second kappa shape index (κ2) is 7.74. The zero-order valence-corrected chi connectivity index (χ0v) is 12.7. The van der Waals surface area contributed by atoms with Gasteiger partial charge < -0.3 is 19.1 Å². The number of hydrogen-bond acceptors (Lipinski definition) is 6. The van der Waals surface area contributed by atoms with Crippen LogP contribution in [0.4, 0.5) is 0 Å². The van der Waals surface area contributed by atoms with Crippen molar-refractivity contribution in [3.63, 3.8) is 0 Å². The van der Waals surface area contributed by atoms with Gasteiger partial charge in [0.2, 0.25) is 0 Å². The Kier molecular flexibility index (Phi) is 6.97. The Bertz CT molecular complexity index is 316. The van der Waals surface area contributed by atoms with Gasteiger partial charge in [0.25, 0.3) is 0 Å². The lowest BCUT2D eigenvalue weighted by molar-refractivity contribution is -0.0383. The van der Waals surface area contributed by atoms with Gasteiger partial charge in [0, 0.05) is 14.2 Å². The highest BCUT2D eigenvalue weighted by molar-refractivity contribution is 7.47. The van der Waals surface area contributed by atoms with Gasteiger partial charge in [-0.05, 0) is 6.42 Å². The molecule has 1 saturated heterocycles. The van der Waals surface area contributed by atoms with Crippen LogP contribution < -0.4 is 0 Å². The van der Waals surface area contributed by atoms with Crippen molar-refractivity contribution in [2.45, 2.75) is 37.7 Å². The summed E-state index contributed by atoms with van der Waals surface area (Å²) in [7, 11) is 0.482. The third-order valence-electron chi connectivity index (χ3n) is 3.03. The second-order valence-corrected chi connectivity index (χ2v) is 5.85. The fraction of sp³-hybridized carbons (Fsp3) is 1.00. The topological polar surface area (TPSA) is 83.5 Å². The lowest BCUT2D eigenvalue weighted by atomic mass is 9.92. The van der Waals surface area contributed by atoms with Crippen molar-refractivity contribution >= 4 is 15.7 Å². The minimum absolute atomic E-state index is 0.219. The van der Waals surface area contributed by atoms with E-state index in [2.05, 4.69) is 4.52 Å². The van der Waals surface area contributed by atoms with Gasteiger partial charge in [0.15, 0.2) is 0 Å². The zero-order chi connectivity index (χ0) is 14.5. The van der Waals surface area contributed by atoms with E-state index in [0.29, 0.717) is 19.6 Å². The standard InChI is InChI=1S/C10H22BO7P/c1-4-7-8(18-19(12,13)15-3)9(10(11)17-7)16-6-5-14-2/h7-10H,4-6,11H2,1-3H3,(H,12,13)/t7-,8?,9?,10-/m1/s1. The summed E-state index contributed by atoms with van der Waals surface area (Å²) < 4.78 is 37.4. The number of methoxy groups -OCH3 is 1. The summed E-state index contributed by atoms with van der Waals surface area (Å²) in [5.41, 5.74) is 0. The Hall–Kier alpha value is 0.0549. The van der Waals surface area contributed by atoms with E-state index >= 15 is 0 Å². The fourth-order valence-corrected chi connectivity index (χ4v) is 2.71. The molecule has 1 heterocycles. The highest BCUT2D eigenvalue weighted by Crippen LogP contribution is 2.46. The predicted molar refractivity (Wildman–Crippen MR) is 70.8 cm³/mol. The molecule has 5 atom stereocenters. The average Bonchev–Trinajstić information content (AvgIpc) is 2.66. The molecule has 1 aliphatic heterocycles. The van der Waals surface area contributed by atoms with Gasteiger partial charge in [-0.3, -0.25) is 9.05 Å². The number of rotatable bonds is 8. The van der Waals surface area contributed by atoms with Crippen molar-refractivity contribution in [1.29, 1.82) is 0 Å². The fourth-order valence-electron chi connectivity index (χ4n) is 2.06. The van der Waals surface area contributed by atoms with Crippen LogP contribution in [-0.2, 0) is 27.8 Å². The molecule has 19 heavy (non-hydrogen) atoms. The molecule has 0 aliphatic carbocycles. The van der Waals surface area contributed by atoms with Crippen LogP contribution >= 0.6 is 7.82 Å². The Morgan fingerprint density at radius 2 is 2.00 bits per heavy atom. The van der Waals surface area contributed by atoms with Crippen LogP contribution in [0.3, 0.4) is 0 Å². The van der Waals surface area contributed by atoms with E-state index in [1.165, 1.54) is 0 Å². The normalized spacial score (nSPS) is 34.3. The summed E-state index contributed by atoms with van der Waals surface area (Å²) in [5, 5.41) is 0. The first-order chi connectivity index (χ1) is 8.95. The molecule has 0 aromatic heterocycles. The molecule has 9 heteroatoms. The van der Waals surface area contributed by atoms with Gasteiger partial charge in [-0.15, -0.1) is 0 Å². The third kappa shape index (κ3) is 4.83. The van der Waals surface area contributed by atoms with Crippen LogP contribution in [0.25, 0.3) is 0 Å². The minimum Gasteiger partial charge on any atom is -0.382 e. The molecule has 3 unspecified atom stereocenters. The predicted octanol–water partition coefficient (Wildman–Crippen LogP) is -0.0820. The molecular formula is C10H22BO7P. The first-order valence-corrected chi connectivity index (χ1v) is 7.77. The van der Waals surface area contributed by atoms with Gasteiger partial charge in [0.05, 0.1) is 25.3 Å². The van der Waals surface area contributed by atoms with E-state index in [1.54, 1.807) is 7.11 Å². The van der Waals surface area contributed by atoms with Crippen molar-refractivity contribution in [3.8, 4) is 0 Å². The highest BCUT2D eigenvalue weighted by atomic mass is 31.2. The van der Waals surface area contributed by atoms with Crippen LogP contribution in [0.5, 0.6) is 0 Å². The van der Waals surface area contributed by atoms with Crippen LogP contribution in [0, 0.1) is 0 Å². The summed E-state index contributed by atoms with van der Waals surface area (Å²) >= 11 is 0. The molecule has 0 spiro atoms. The van der Waals surface area contributed by atoms with Gasteiger partial charge >= 0.3 is 7.82 Å². The first kappa shape index (κ1) is 17.1. The second-order valence-electron chi connectivity index (χ2n) is 4.34. The monoisotopic (exact) mass is 296 g/mol. The lowest BCUT2D eigenvalue weighted by Crippen LogP contribution is -2.37. The average molecular weight is 296 g/mol. The summed E-state index contributed by atoms with van der Waals surface area (Å²) in [6, 6.07) is -0.219. The van der Waals surface area contributed by atoms with E-state index in [-0.39, 0.29) is 12.1 Å². The van der Waals surface area contributed by atoms with E-state index in [1.807, 2.05) is 14.8 Å². The molecule has 0 aromatic carbocycles. The van der Waals surface area contributed by atoms with E-state index < -0.39 is 20.0 Å². The van der Waals surface area contributed by atoms with E-state index in [0.717, 1.165) is 7.11 Å². The van der Waals surface area contributed by atoms with Gasteiger partial charge in [-0.25, -0.2) is 4.57 Å². The maximum Gasteiger partial charge on any atom is 0.472 e. The highest BCUT2D eigenvalue weighted by Gasteiger charge is 2.46. The molecule has 0 saturated carbocycles. The van der Waals surface area contributed by atoms with Crippen molar-refractivity contribution in [2.75, 3.05) is 27.4 Å². The number of phosphoric acid groups is 1. The van der Waals surface area contributed by atoms with Gasteiger partial charge in [-0.1, -0.05) is 6.92 Å². The molecule has 0 radical (unpaired) electrons. The summed E-state index contributed by atoms with van der Waals surface area (Å²) in [5.74, 6) is 0. The Morgan fingerprint density at radius 1 is 1.32 bits per heavy atom. The molecule has 1 rings (SSSR count). The summed E-state index contributed by atoms with van der Waals surface area (Å²) in [6.07, 6.45) is -0.690. The molecule has 1 fully saturated rings. The van der Waals surface area contributed by atoms with Gasteiger partial charge in [0.1, 0.15) is 20.1 Å². The van der Waals surface area contributed by atoms with Crippen LogP contribution in [-0.4, -0.2) is 64.5 Å². The van der Waals surface area contributed by atoms with Crippen molar-refractivity contribution in [3.05, 3.63) is 0 Å².